The van der Waals surface area contributed by atoms with E-state index in [4.69, 9.17) is 4.74 Å². The second-order valence-corrected chi connectivity index (χ2v) is 6.51. The molecule has 3 rings (SSSR count). The van der Waals surface area contributed by atoms with Gasteiger partial charge in [-0.05, 0) is 35.3 Å². The molecule has 0 saturated heterocycles. The predicted octanol–water partition coefficient (Wildman–Crippen LogP) is 5.25. The number of ketones is 1. The SMILES string of the molecule is COc1ccc(CC(=O)CCC2=CC=C(c3ccccc3)C2C)cc1. The number of carbonyl (C=O) groups excluding carboxylic acids is 1. The number of allylic oxidation sites excluding steroid dienone is 4. The highest BCUT2D eigenvalue weighted by atomic mass is 16.5. The lowest BCUT2D eigenvalue weighted by atomic mass is 9.89. The fourth-order valence-corrected chi connectivity index (χ4v) is 3.31. The minimum absolute atomic E-state index is 0.284. The molecule has 2 nitrogen and oxygen atoms in total. The molecule has 25 heavy (non-hydrogen) atoms. The van der Waals surface area contributed by atoms with Crippen LogP contribution in [-0.4, -0.2) is 12.9 Å². The third-order valence-corrected chi connectivity index (χ3v) is 4.86. The first-order valence-electron chi connectivity index (χ1n) is 8.78. The monoisotopic (exact) mass is 332 g/mol. The molecule has 1 aliphatic rings. The van der Waals surface area contributed by atoms with Crippen molar-refractivity contribution in [3.05, 3.63) is 83.4 Å². The molecule has 0 amide bonds. The largest absolute Gasteiger partial charge is 0.497 e. The Hall–Kier alpha value is -2.61. The molecule has 0 radical (unpaired) electrons. The zero-order chi connectivity index (χ0) is 17.6. The Morgan fingerprint density at radius 1 is 1.00 bits per heavy atom. The third kappa shape index (κ3) is 4.27. The van der Waals surface area contributed by atoms with E-state index in [1.54, 1.807) is 7.11 Å². The van der Waals surface area contributed by atoms with E-state index in [0.717, 1.165) is 17.7 Å². The fraction of sp³-hybridized carbons (Fsp3) is 0.261. The number of benzene rings is 2. The maximum absolute atomic E-state index is 12.3. The van der Waals surface area contributed by atoms with Crippen molar-refractivity contribution in [2.45, 2.75) is 26.2 Å². The summed E-state index contributed by atoms with van der Waals surface area (Å²) in [5.74, 6) is 1.49. The van der Waals surface area contributed by atoms with Crippen LogP contribution in [0.1, 0.15) is 30.9 Å². The first kappa shape index (κ1) is 17.2. The molecule has 1 atom stereocenters. The van der Waals surface area contributed by atoms with Crippen LogP contribution >= 0.6 is 0 Å². The first-order chi connectivity index (χ1) is 12.2. The first-order valence-corrected chi connectivity index (χ1v) is 8.78. The number of hydrogen-bond donors (Lipinski definition) is 0. The molecule has 0 aromatic heterocycles. The van der Waals surface area contributed by atoms with Gasteiger partial charge in [-0.15, -0.1) is 0 Å². The molecule has 2 aromatic rings. The van der Waals surface area contributed by atoms with Crippen molar-refractivity contribution in [3.63, 3.8) is 0 Å². The minimum atomic E-state index is 0.284. The average Bonchev–Trinajstić information content (AvgIpc) is 3.02. The second kappa shape index (κ2) is 7.98. The molecule has 0 saturated carbocycles. The Bertz CT molecular complexity index is 783. The van der Waals surface area contributed by atoms with E-state index in [9.17, 15) is 4.79 Å². The van der Waals surface area contributed by atoms with Crippen LogP contribution in [-0.2, 0) is 11.2 Å². The van der Waals surface area contributed by atoms with E-state index in [1.165, 1.54) is 16.7 Å². The second-order valence-electron chi connectivity index (χ2n) is 6.51. The van der Waals surface area contributed by atoms with Gasteiger partial charge in [0.05, 0.1) is 7.11 Å². The van der Waals surface area contributed by atoms with Crippen molar-refractivity contribution in [3.8, 4) is 5.75 Å². The Kier molecular flexibility index (Phi) is 5.49. The molecular formula is C23H24O2. The molecule has 2 heteroatoms. The van der Waals surface area contributed by atoms with Crippen LogP contribution in [0.25, 0.3) is 5.57 Å². The standard InChI is InChI=1S/C23H24O2/c1-17-19(11-15-23(17)20-6-4-3-5-7-20)10-12-21(24)16-18-8-13-22(25-2)14-9-18/h3-9,11,13-15,17H,10,12,16H2,1-2H3. The van der Waals surface area contributed by atoms with Crippen molar-refractivity contribution < 1.29 is 9.53 Å². The highest BCUT2D eigenvalue weighted by Gasteiger charge is 2.20. The molecule has 0 fully saturated rings. The van der Waals surface area contributed by atoms with Crippen molar-refractivity contribution in [2.24, 2.45) is 5.92 Å². The topological polar surface area (TPSA) is 26.3 Å². The molecule has 0 aliphatic heterocycles. The van der Waals surface area contributed by atoms with Crippen molar-refractivity contribution in [1.82, 2.24) is 0 Å². The van der Waals surface area contributed by atoms with Crippen LogP contribution in [0.2, 0.25) is 0 Å². The van der Waals surface area contributed by atoms with E-state index in [0.29, 0.717) is 18.8 Å². The van der Waals surface area contributed by atoms with Crippen LogP contribution in [0.5, 0.6) is 5.75 Å². The van der Waals surface area contributed by atoms with Crippen LogP contribution in [0.4, 0.5) is 0 Å². The van der Waals surface area contributed by atoms with Gasteiger partial charge >= 0.3 is 0 Å². The summed E-state index contributed by atoms with van der Waals surface area (Å²) in [6.07, 6.45) is 6.31. The van der Waals surface area contributed by atoms with Gasteiger partial charge in [0.25, 0.3) is 0 Å². The Labute approximate surface area is 149 Å². The summed E-state index contributed by atoms with van der Waals surface area (Å²) in [5.41, 5.74) is 5.01. The minimum Gasteiger partial charge on any atom is -0.497 e. The molecule has 0 heterocycles. The molecule has 0 N–H and O–H groups in total. The fourth-order valence-electron chi connectivity index (χ4n) is 3.31. The lowest BCUT2D eigenvalue weighted by Gasteiger charge is -2.15. The lowest BCUT2D eigenvalue weighted by Crippen LogP contribution is -2.05. The number of carbonyl (C=O) groups is 1. The quantitative estimate of drug-likeness (QED) is 0.692. The summed E-state index contributed by atoms with van der Waals surface area (Å²) < 4.78 is 5.15. The van der Waals surface area contributed by atoms with Gasteiger partial charge in [-0.1, -0.05) is 67.1 Å². The summed E-state index contributed by atoms with van der Waals surface area (Å²) in [4.78, 5) is 12.3. The zero-order valence-electron chi connectivity index (χ0n) is 14.9. The average molecular weight is 332 g/mol. The summed E-state index contributed by atoms with van der Waals surface area (Å²) in [7, 11) is 1.65. The van der Waals surface area contributed by atoms with E-state index in [2.05, 4.69) is 43.3 Å². The maximum Gasteiger partial charge on any atom is 0.137 e. The summed E-state index contributed by atoms with van der Waals surface area (Å²) >= 11 is 0. The van der Waals surface area contributed by atoms with Crippen molar-refractivity contribution in [2.75, 3.05) is 7.11 Å². The van der Waals surface area contributed by atoms with Gasteiger partial charge in [0, 0.05) is 18.8 Å². The maximum atomic E-state index is 12.3. The third-order valence-electron chi connectivity index (χ3n) is 4.86. The van der Waals surface area contributed by atoms with Gasteiger partial charge in [0.2, 0.25) is 0 Å². The van der Waals surface area contributed by atoms with Gasteiger partial charge in [0.15, 0.2) is 0 Å². The number of ether oxygens (including phenoxy) is 1. The molecule has 128 valence electrons. The van der Waals surface area contributed by atoms with Crippen molar-refractivity contribution in [1.29, 1.82) is 0 Å². The number of Topliss-reactive ketones (excluding diaryl/α,β-unsaturated/α-hetero) is 1. The Morgan fingerprint density at radius 3 is 2.40 bits per heavy atom. The Morgan fingerprint density at radius 2 is 1.72 bits per heavy atom. The summed E-state index contributed by atoms with van der Waals surface area (Å²) in [5, 5.41) is 0. The molecule has 2 aromatic carbocycles. The van der Waals surface area contributed by atoms with Gasteiger partial charge in [0.1, 0.15) is 11.5 Å². The normalized spacial score (nSPS) is 16.3. The van der Waals surface area contributed by atoms with Gasteiger partial charge in [-0.2, -0.15) is 0 Å². The Balaban J connectivity index is 1.51. The lowest BCUT2D eigenvalue weighted by molar-refractivity contribution is -0.118. The summed E-state index contributed by atoms with van der Waals surface area (Å²) in [6.45, 7) is 2.23. The molecule has 0 spiro atoms. The predicted molar refractivity (Wildman–Crippen MR) is 103 cm³/mol. The van der Waals surface area contributed by atoms with Crippen LogP contribution in [0, 0.1) is 5.92 Å². The number of methoxy groups -OCH3 is 1. The zero-order valence-corrected chi connectivity index (χ0v) is 14.9. The molecule has 0 bridgehead atoms. The van der Waals surface area contributed by atoms with Crippen molar-refractivity contribution >= 4 is 11.4 Å². The van der Waals surface area contributed by atoms with E-state index >= 15 is 0 Å². The number of hydrogen-bond acceptors (Lipinski definition) is 2. The van der Waals surface area contributed by atoms with Crippen LogP contribution in [0.15, 0.2) is 72.3 Å². The van der Waals surface area contributed by atoms with Crippen LogP contribution in [0.3, 0.4) is 0 Å². The summed E-state index contributed by atoms with van der Waals surface area (Å²) in [6, 6.07) is 18.2. The van der Waals surface area contributed by atoms with E-state index in [1.807, 2.05) is 30.3 Å². The van der Waals surface area contributed by atoms with Gasteiger partial charge in [-0.25, -0.2) is 0 Å². The highest BCUT2D eigenvalue weighted by molar-refractivity contribution is 5.81. The van der Waals surface area contributed by atoms with Crippen LogP contribution < -0.4 is 4.74 Å². The molecular weight excluding hydrogens is 308 g/mol. The van der Waals surface area contributed by atoms with Gasteiger partial charge in [-0.3, -0.25) is 4.79 Å². The van der Waals surface area contributed by atoms with E-state index in [-0.39, 0.29) is 5.78 Å². The molecule has 1 unspecified atom stereocenters. The molecule has 1 aliphatic carbocycles. The smallest absolute Gasteiger partial charge is 0.137 e. The highest BCUT2D eigenvalue weighted by Crippen LogP contribution is 2.36. The number of rotatable bonds is 7. The van der Waals surface area contributed by atoms with E-state index < -0.39 is 0 Å². The van der Waals surface area contributed by atoms with Gasteiger partial charge < -0.3 is 4.74 Å².